The number of hydrogen-bond donors (Lipinski definition) is 4. The van der Waals surface area contributed by atoms with Crippen LogP contribution in [0.15, 0.2) is 48.0 Å². The van der Waals surface area contributed by atoms with Gasteiger partial charge in [0.25, 0.3) is 5.91 Å². The van der Waals surface area contributed by atoms with Gasteiger partial charge in [-0.15, -0.1) is 0 Å². The van der Waals surface area contributed by atoms with E-state index < -0.39 is 34.5 Å². The summed E-state index contributed by atoms with van der Waals surface area (Å²) in [5.41, 5.74) is 4.46. The Bertz CT molecular complexity index is 1160. The number of esters is 1. The van der Waals surface area contributed by atoms with Crippen molar-refractivity contribution in [3.63, 3.8) is 0 Å². The zero-order chi connectivity index (χ0) is 23.5. The molecule has 0 aliphatic heterocycles. The van der Waals surface area contributed by atoms with Crippen LogP contribution in [0.5, 0.6) is 5.75 Å². The average Bonchev–Trinajstić information content (AvgIpc) is 3.24. The van der Waals surface area contributed by atoms with Crippen molar-refractivity contribution < 1.29 is 35.9 Å². The van der Waals surface area contributed by atoms with Gasteiger partial charge in [-0.05, 0) is 55.7 Å². The Morgan fingerprint density at radius 2 is 1.73 bits per heavy atom. The first-order valence-corrected chi connectivity index (χ1v) is 10.5. The molecule has 0 fully saturated rings. The number of nitrogens with two attached hydrogens (primary N) is 1. The van der Waals surface area contributed by atoms with Gasteiger partial charge in [0.15, 0.2) is 0 Å². The van der Waals surface area contributed by atoms with Crippen molar-refractivity contribution in [2.24, 2.45) is 5.73 Å². The van der Waals surface area contributed by atoms with Crippen LogP contribution in [0.3, 0.4) is 0 Å². The van der Waals surface area contributed by atoms with Crippen LogP contribution in [0.1, 0.15) is 35.2 Å². The maximum absolute atomic E-state index is 12.8. The second-order valence-corrected chi connectivity index (χ2v) is 7.54. The summed E-state index contributed by atoms with van der Waals surface area (Å²) in [5, 5.41) is 2.69. The number of amides is 1. The summed E-state index contributed by atoms with van der Waals surface area (Å²) in [5.74, 6) is -1.95. The molecule has 0 bridgehead atoms. The number of thiol groups is 1. The molecule has 8 nitrogen and oxygen atoms in total. The van der Waals surface area contributed by atoms with Gasteiger partial charge in [0.05, 0.1) is 16.9 Å². The topological polar surface area (TPSA) is 128 Å². The van der Waals surface area contributed by atoms with Gasteiger partial charge in [-0.1, -0.05) is 6.08 Å². The van der Waals surface area contributed by atoms with E-state index in [1.807, 2.05) is 0 Å². The molecule has 0 saturated heterocycles. The molecule has 0 atom stereocenters. The van der Waals surface area contributed by atoms with E-state index in [0.29, 0.717) is 18.4 Å². The second-order valence-electron chi connectivity index (χ2n) is 6.81. The molecule has 1 amide bonds. The number of allylic oxidation sites excluding steroid dienone is 1. The Morgan fingerprint density at radius 1 is 1.06 bits per heavy atom. The van der Waals surface area contributed by atoms with Gasteiger partial charge in [-0.2, -0.15) is 13.2 Å². The first-order valence-electron chi connectivity index (χ1n) is 9.29. The summed E-state index contributed by atoms with van der Waals surface area (Å²) in [6.07, 6.45) is -0.822. The van der Waals surface area contributed by atoms with Crippen molar-refractivity contribution in [2.75, 3.05) is 10.0 Å². The number of nitrogens with one attached hydrogen (secondary N) is 2. The molecule has 0 spiro atoms. The first kappa shape index (κ1) is 26.7. The molecule has 0 aromatic heterocycles. The van der Waals surface area contributed by atoms with Crippen LogP contribution in [0.4, 0.5) is 30.2 Å². The summed E-state index contributed by atoms with van der Waals surface area (Å²) in [7, 11) is -3.16. The molecule has 3 rings (SSSR count). The molecule has 2 aromatic rings. The summed E-state index contributed by atoms with van der Waals surface area (Å²) in [6, 6.07) is 6.24. The van der Waals surface area contributed by atoms with E-state index in [-0.39, 0.29) is 57.9 Å². The number of primary amides is 1. The zero-order valence-electron chi connectivity index (χ0n) is 16.4. The number of alkyl halides is 3. The molecule has 4 N–H and O–H groups in total. The Labute approximate surface area is 210 Å². The molecule has 1 aliphatic carbocycles. The van der Waals surface area contributed by atoms with E-state index >= 15 is 0 Å². The van der Waals surface area contributed by atoms with Crippen molar-refractivity contribution in [2.45, 2.75) is 25.4 Å². The summed E-state index contributed by atoms with van der Waals surface area (Å²) >= 11 is 0. The normalized spacial score (nSPS) is 13.2. The van der Waals surface area contributed by atoms with Gasteiger partial charge < -0.3 is 15.8 Å². The molecule has 0 radical (unpaired) electrons. The van der Waals surface area contributed by atoms with E-state index in [9.17, 15) is 31.2 Å². The minimum atomic E-state index is -4.55. The van der Waals surface area contributed by atoms with Crippen molar-refractivity contribution in [3.8, 4) is 5.75 Å². The van der Waals surface area contributed by atoms with Crippen molar-refractivity contribution >= 4 is 69.4 Å². The fraction of sp³-hybridized carbons (Fsp3) is 0.200. The minimum absolute atomic E-state index is 0. The van der Waals surface area contributed by atoms with Gasteiger partial charge >= 0.3 is 41.7 Å². The number of halogens is 3. The first-order chi connectivity index (χ1) is 15.1. The Morgan fingerprint density at radius 3 is 2.24 bits per heavy atom. The van der Waals surface area contributed by atoms with Crippen LogP contribution in [0, 0.1) is 0 Å². The standard InChI is InChI=1S/C20H18F3N3O5S.Na.H/c21-20(22,23)12-5-7-13(8-6-12)25-17-14(26-32(29)30)9-10-15(16(17)18(24)27)31-19(28)11-3-1-2-4-11;;/h3,5-10,25,32H,1-2,4H2,(H2,24,27)(H,26,29,30);;. The van der Waals surface area contributed by atoms with E-state index in [0.717, 1.165) is 30.7 Å². The van der Waals surface area contributed by atoms with Crippen LogP contribution in [0.2, 0.25) is 0 Å². The van der Waals surface area contributed by atoms with E-state index in [1.54, 1.807) is 6.08 Å². The molecule has 0 saturated carbocycles. The quantitative estimate of drug-likeness (QED) is 0.203. The Balaban J connectivity index is 0.00000385. The monoisotopic (exact) mass is 493 g/mol. The molecule has 172 valence electrons. The third-order valence-corrected chi connectivity index (χ3v) is 5.04. The summed E-state index contributed by atoms with van der Waals surface area (Å²) < 4.78 is 68.3. The number of anilines is 3. The molecule has 13 heteroatoms. The van der Waals surface area contributed by atoms with Gasteiger partial charge in [-0.25, -0.2) is 13.2 Å². The molecular formula is C20H19F3N3NaO5S. The maximum atomic E-state index is 12.8. The number of benzene rings is 2. The number of ether oxygens (including phenoxy) is 1. The van der Waals surface area contributed by atoms with Crippen LogP contribution >= 0.6 is 0 Å². The fourth-order valence-corrected chi connectivity index (χ4v) is 3.53. The number of carbonyl (C=O) groups excluding carboxylic acids is 2. The van der Waals surface area contributed by atoms with Gasteiger partial charge in [0.2, 0.25) is 10.9 Å². The van der Waals surface area contributed by atoms with Crippen molar-refractivity contribution in [1.29, 1.82) is 0 Å². The molecule has 0 unspecified atom stereocenters. The fourth-order valence-electron chi connectivity index (χ4n) is 3.14. The predicted molar refractivity (Wildman–Crippen MR) is 118 cm³/mol. The molecule has 1 aliphatic rings. The SMILES string of the molecule is NC(=O)c1c(OC(=O)C2=CCCC2)ccc(N[SH](=O)=O)c1Nc1ccc(C(F)(F)F)cc1.[NaH]. The number of rotatable bonds is 7. The molecular weight excluding hydrogens is 474 g/mol. The van der Waals surface area contributed by atoms with Gasteiger partial charge in [0.1, 0.15) is 11.3 Å². The van der Waals surface area contributed by atoms with Crippen LogP contribution < -0.4 is 20.5 Å². The summed E-state index contributed by atoms with van der Waals surface area (Å²) in [6.45, 7) is 0. The Hall–Kier alpha value is -2.54. The van der Waals surface area contributed by atoms with Gasteiger partial charge in [-0.3, -0.25) is 9.52 Å². The molecule has 0 heterocycles. The summed E-state index contributed by atoms with van der Waals surface area (Å²) in [4.78, 5) is 24.6. The molecule has 33 heavy (non-hydrogen) atoms. The van der Waals surface area contributed by atoms with Crippen LogP contribution in [0.25, 0.3) is 0 Å². The van der Waals surface area contributed by atoms with Gasteiger partial charge in [0, 0.05) is 11.3 Å². The average molecular weight is 493 g/mol. The van der Waals surface area contributed by atoms with E-state index in [2.05, 4.69) is 10.0 Å². The van der Waals surface area contributed by atoms with E-state index in [4.69, 9.17) is 10.5 Å². The van der Waals surface area contributed by atoms with E-state index in [1.165, 1.54) is 12.1 Å². The van der Waals surface area contributed by atoms with Crippen LogP contribution in [-0.4, -0.2) is 49.9 Å². The Kier molecular flexibility index (Phi) is 8.95. The van der Waals surface area contributed by atoms with Crippen molar-refractivity contribution in [3.05, 3.63) is 59.2 Å². The zero-order valence-corrected chi connectivity index (χ0v) is 17.3. The van der Waals surface area contributed by atoms with Crippen molar-refractivity contribution in [1.82, 2.24) is 0 Å². The second kappa shape index (κ2) is 11.1. The number of carbonyl (C=O) groups is 2. The third-order valence-electron chi connectivity index (χ3n) is 4.61. The number of hydrogen-bond acceptors (Lipinski definition) is 6. The third kappa shape index (κ3) is 6.73. The van der Waals surface area contributed by atoms with Crippen LogP contribution in [-0.2, 0) is 21.9 Å². The predicted octanol–water partition coefficient (Wildman–Crippen LogP) is 2.85. The molecule has 2 aromatic carbocycles.